The van der Waals surface area contributed by atoms with Crippen molar-refractivity contribution >= 4 is 0 Å². The first kappa shape index (κ1) is 15.3. The number of benzene rings is 1. The van der Waals surface area contributed by atoms with Gasteiger partial charge in [-0.3, -0.25) is 4.90 Å². The van der Waals surface area contributed by atoms with Crippen molar-refractivity contribution in [3.8, 4) is 5.75 Å². The van der Waals surface area contributed by atoms with Gasteiger partial charge in [-0.2, -0.15) is 0 Å². The zero-order valence-electron chi connectivity index (χ0n) is 12.4. The van der Waals surface area contributed by atoms with Gasteiger partial charge in [-0.25, -0.2) is 4.39 Å². The van der Waals surface area contributed by atoms with Crippen LogP contribution in [0.4, 0.5) is 4.39 Å². The van der Waals surface area contributed by atoms with E-state index in [1.165, 1.54) is 31.4 Å². The van der Waals surface area contributed by atoms with Crippen LogP contribution in [0.1, 0.15) is 44.7 Å². The van der Waals surface area contributed by atoms with E-state index < -0.39 is 5.82 Å². The lowest BCUT2D eigenvalue weighted by molar-refractivity contribution is 0.182. The average molecular weight is 280 g/mol. The average Bonchev–Trinajstić information content (AvgIpc) is 2.45. The molecule has 1 saturated heterocycles. The fourth-order valence-corrected chi connectivity index (χ4v) is 2.99. The first-order valence-electron chi connectivity index (χ1n) is 7.57. The van der Waals surface area contributed by atoms with Crippen LogP contribution in [0.25, 0.3) is 0 Å². The minimum Gasteiger partial charge on any atom is -0.508 e. The predicted molar refractivity (Wildman–Crippen MR) is 79.4 cm³/mol. The zero-order chi connectivity index (χ0) is 14.5. The molecular weight excluding hydrogens is 255 g/mol. The van der Waals surface area contributed by atoms with Crippen LogP contribution < -0.4 is 5.32 Å². The Hall–Kier alpha value is -1.13. The number of hydrogen-bond donors (Lipinski definition) is 2. The van der Waals surface area contributed by atoms with Gasteiger partial charge in [0.1, 0.15) is 11.6 Å². The predicted octanol–water partition coefficient (Wildman–Crippen LogP) is 3.06. The lowest BCUT2D eigenvalue weighted by Gasteiger charge is -2.34. The van der Waals surface area contributed by atoms with Gasteiger partial charge in [-0.1, -0.05) is 19.4 Å². The van der Waals surface area contributed by atoms with Crippen molar-refractivity contribution in [2.45, 2.75) is 45.2 Å². The van der Waals surface area contributed by atoms with Gasteiger partial charge in [0.25, 0.3) is 0 Å². The molecule has 0 radical (unpaired) electrons. The summed E-state index contributed by atoms with van der Waals surface area (Å²) in [4.78, 5) is 2.33. The molecule has 1 aliphatic heterocycles. The van der Waals surface area contributed by atoms with Crippen LogP contribution in [0.15, 0.2) is 18.2 Å². The van der Waals surface area contributed by atoms with Crippen molar-refractivity contribution in [1.82, 2.24) is 10.2 Å². The maximum absolute atomic E-state index is 13.1. The van der Waals surface area contributed by atoms with Crippen LogP contribution in [0.5, 0.6) is 5.75 Å². The Morgan fingerprint density at radius 3 is 2.85 bits per heavy atom. The third-order valence-electron chi connectivity index (χ3n) is 4.26. The molecule has 0 spiro atoms. The Kier molecular flexibility index (Phi) is 5.38. The number of nitrogens with zero attached hydrogens (tertiary/aromatic N) is 1. The molecule has 0 aromatic heterocycles. The standard InChI is InChI=1S/C16H25FN2O/c1-3-19(11-14-6-4-5-9-18-14)12(2)15-8-7-13(17)10-16(15)20/h7-8,10,12,14,18,20H,3-6,9,11H2,1-2H3. The summed E-state index contributed by atoms with van der Waals surface area (Å²) in [5.74, 6) is -0.344. The normalized spacial score (nSPS) is 21.1. The van der Waals surface area contributed by atoms with Crippen molar-refractivity contribution in [1.29, 1.82) is 0 Å². The highest BCUT2D eigenvalue weighted by Gasteiger charge is 2.22. The van der Waals surface area contributed by atoms with E-state index >= 15 is 0 Å². The molecule has 3 nitrogen and oxygen atoms in total. The molecule has 2 rings (SSSR count). The molecule has 1 aliphatic rings. The third-order valence-corrected chi connectivity index (χ3v) is 4.26. The molecule has 20 heavy (non-hydrogen) atoms. The lowest BCUT2D eigenvalue weighted by atomic mass is 10.0. The maximum atomic E-state index is 13.1. The number of rotatable bonds is 5. The number of aromatic hydroxyl groups is 1. The van der Waals surface area contributed by atoms with Gasteiger partial charge in [0.15, 0.2) is 0 Å². The number of likely N-dealkylation sites (N-methyl/N-ethyl adjacent to an activating group) is 1. The highest BCUT2D eigenvalue weighted by molar-refractivity contribution is 5.35. The molecule has 0 bridgehead atoms. The number of phenolic OH excluding ortho intramolecular Hbond substituents is 1. The second-order valence-corrected chi connectivity index (χ2v) is 5.61. The maximum Gasteiger partial charge on any atom is 0.126 e. The molecule has 0 amide bonds. The van der Waals surface area contributed by atoms with E-state index in [0.717, 1.165) is 25.2 Å². The number of hydrogen-bond acceptors (Lipinski definition) is 3. The summed E-state index contributed by atoms with van der Waals surface area (Å²) in [6.07, 6.45) is 3.75. The highest BCUT2D eigenvalue weighted by Crippen LogP contribution is 2.29. The van der Waals surface area contributed by atoms with E-state index in [1.54, 1.807) is 6.07 Å². The molecule has 2 unspecified atom stereocenters. The summed E-state index contributed by atoms with van der Waals surface area (Å²) in [7, 11) is 0. The molecule has 4 heteroatoms. The second kappa shape index (κ2) is 7.04. The van der Waals surface area contributed by atoms with Gasteiger partial charge in [0, 0.05) is 30.3 Å². The van der Waals surface area contributed by atoms with Crippen molar-refractivity contribution in [2.24, 2.45) is 0 Å². The summed E-state index contributed by atoms with van der Waals surface area (Å²) >= 11 is 0. The first-order chi connectivity index (χ1) is 9.61. The van der Waals surface area contributed by atoms with Crippen molar-refractivity contribution in [3.05, 3.63) is 29.6 Å². The van der Waals surface area contributed by atoms with Crippen LogP contribution in [0.2, 0.25) is 0 Å². The van der Waals surface area contributed by atoms with Gasteiger partial charge in [0.05, 0.1) is 0 Å². The van der Waals surface area contributed by atoms with Gasteiger partial charge in [-0.15, -0.1) is 0 Å². The SMILES string of the molecule is CCN(CC1CCCCN1)C(C)c1ccc(F)cc1O. The lowest BCUT2D eigenvalue weighted by Crippen LogP contribution is -2.44. The van der Waals surface area contributed by atoms with Crippen molar-refractivity contribution in [3.63, 3.8) is 0 Å². The Bertz CT molecular complexity index is 432. The summed E-state index contributed by atoms with van der Waals surface area (Å²) in [6.45, 7) is 7.17. The first-order valence-corrected chi connectivity index (χ1v) is 7.57. The largest absolute Gasteiger partial charge is 0.508 e. The quantitative estimate of drug-likeness (QED) is 0.870. The Labute approximate surface area is 120 Å². The second-order valence-electron chi connectivity index (χ2n) is 5.61. The molecular formula is C16H25FN2O. The van der Waals surface area contributed by atoms with Crippen LogP contribution in [0, 0.1) is 5.82 Å². The fraction of sp³-hybridized carbons (Fsp3) is 0.625. The number of nitrogens with one attached hydrogen (secondary N) is 1. The van der Waals surface area contributed by atoms with Gasteiger partial charge >= 0.3 is 0 Å². The molecule has 1 aromatic rings. The molecule has 1 aromatic carbocycles. The topological polar surface area (TPSA) is 35.5 Å². The summed E-state index contributed by atoms with van der Waals surface area (Å²) in [6, 6.07) is 4.90. The number of piperidine rings is 1. The Balaban J connectivity index is 2.05. The molecule has 2 N–H and O–H groups in total. The summed E-state index contributed by atoms with van der Waals surface area (Å²) in [5, 5.41) is 13.5. The van der Waals surface area contributed by atoms with E-state index in [-0.39, 0.29) is 11.8 Å². The van der Waals surface area contributed by atoms with Crippen LogP contribution in [0.3, 0.4) is 0 Å². The third kappa shape index (κ3) is 3.70. The monoisotopic (exact) mass is 280 g/mol. The van der Waals surface area contributed by atoms with Gasteiger partial charge in [-0.05, 0) is 38.9 Å². The fourth-order valence-electron chi connectivity index (χ4n) is 2.99. The minimum atomic E-state index is -0.393. The van der Waals surface area contributed by atoms with Crippen LogP contribution in [-0.4, -0.2) is 35.7 Å². The summed E-state index contributed by atoms with van der Waals surface area (Å²) < 4.78 is 13.1. The van der Waals surface area contributed by atoms with E-state index in [0.29, 0.717) is 6.04 Å². The zero-order valence-corrected chi connectivity index (χ0v) is 12.4. The van der Waals surface area contributed by atoms with E-state index in [4.69, 9.17) is 0 Å². The Morgan fingerprint density at radius 2 is 2.25 bits per heavy atom. The number of phenols is 1. The van der Waals surface area contributed by atoms with E-state index in [2.05, 4.69) is 24.1 Å². The van der Waals surface area contributed by atoms with Crippen molar-refractivity contribution < 1.29 is 9.50 Å². The molecule has 2 atom stereocenters. The molecule has 0 saturated carbocycles. The molecule has 0 aliphatic carbocycles. The van der Waals surface area contributed by atoms with Crippen LogP contribution >= 0.6 is 0 Å². The minimum absolute atomic E-state index is 0.0487. The van der Waals surface area contributed by atoms with E-state index in [9.17, 15) is 9.50 Å². The number of halogens is 1. The van der Waals surface area contributed by atoms with Gasteiger partial charge in [0.2, 0.25) is 0 Å². The Morgan fingerprint density at radius 1 is 1.45 bits per heavy atom. The summed E-state index contributed by atoms with van der Waals surface area (Å²) in [5.41, 5.74) is 0.795. The highest BCUT2D eigenvalue weighted by atomic mass is 19.1. The van der Waals surface area contributed by atoms with Crippen LogP contribution in [-0.2, 0) is 0 Å². The van der Waals surface area contributed by atoms with Gasteiger partial charge < -0.3 is 10.4 Å². The molecule has 1 heterocycles. The molecule has 1 fully saturated rings. The molecule has 112 valence electrons. The van der Waals surface area contributed by atoms with Crippen molar-refractivity contribution in [2.75, 3.05) is 19.6 Å². The van der Waals surface area contributed by atoms with E-state index in [1.807, 2.05) is 0 Å². The smallest absolute Gasteiger partial charge is 0.126 e.